The van der Waals surface area contributed by atoms with Gasteiger partial charge in [0.2, 0.25) is 16.9 Å². The molecule has 2 aliphatic rings. The molecule has 2 aliphatic heterocycles. The number of amides is 1. The number of piperazine rings is 1. The average Bonchev–Trinajstić information content (AvgIpc) is 3.59. The number of anilines is 2. The van der Waals surface area contributed by atoms with E-state index in [1.165, 1.54) is 0 Å². The maximum Gasteiger partial charge on any atom is 0.443 e. The van der Waals surface area contributed by atoms with Crippen LogP contribution in [0.2, 0.25) is 0 Å². The van der Waals surface area contributed by atoms with Crippen molar-refractivity contribution in [3.8, 4) is 11.3 Å². The van der Waals surface area contributed by atoms with Crippen LogP contribution in [-0.4, -0.2) is 79.3 Å². The van der Waals surface area contributed by atoms with Gasteiger partial charge in [-0.15, -0.1) is 0 Å². The number of hydrogen-bond donors (Lipinski definition) is 0. The molecular formula is C23H28F3N9OS. The van der Waals surface area contributed by atoms with Crippen LogP contribution in [0.4, 0.5) is 24.1 Å². The van der Waals surface area contributed by atoms with Gasteiger partial charge in [-0.3, -0.25) is 4.79 Å². The third-order valence-corrected chi connectivity index (χ3v) is 7.80. The highest BCUT2D eigenvalue weighted by Gasteiger charge is 2.38. The van der Waals surface area contributed by atoms with E-state index in [0.29, 0.717) is 59.1 Å². The summed E-state index contributed by atoms with van der Waals surface area (Å²) in [5.74, 6) is 1.72. The van der Waals surface area contributed by atoms with Gasteiger partial charge in [0.1, 0.15) is 28.9 Å². The molecule has 2 saturated heterocycles. The van der Waals surface area contributed by atoms with E-state index in [-0.39, 0.29) is 24.2 Å². The van der Waals surface area contributed by atoms with E-state index in [9.17, 15) is 18.0 Å². The minimum Gasteiger partial charge on any atom is -0.358 e. The molecule has 0 bridgehead atoms. The molecule has 1 amide bonds. The summed E-state index contributed by atoms with van der Waals surface area (Å²) < 4.78 is 42.5. The molecule has 198 valence electrons. The first-order valence-electron chi connectivity index (χ1n) is 12.2. The second-order valence-electron chi connectivity index (χ2n) is 9.38. The highest BCUT2D eigenvalue weighted by molar-refractivity contribution is 7.16. The predicted molar refractivity (Wildman–Crippen MR) is 132 cm³/mol. The number of nitrogens with zero attached hydrogens (tertiary/aromatic N) is 9. The number of carbonyl (C=O) groups is 1. The first-order valence-corrected chi connectivity index (χ1v) is 13.0. The zero-order chi connectivity index (χ0) is 26.3. The van der Waals surface area contributed by atoms with Crippen LogP contribution in [0.25, 0.3) is 11.3 Å². The van der Waals surface area contributed by atoms with Gasteiger partial charge in [-0.25, -0.2) is 24.6 Å². The Hall–Kier alpha value is -3.29. The van der Waals surface area contributed by atoms with Crippen molar-refractivity contribution in [2.24, 2.45) is 0 Å². The van der Waals surface area contributed by atoms with Crippen LogP contribution in [0.1, 0.15) is 36.4 Å². The van der Waals surface area contributed by atoms with Crippen molar-refractivity contribution in [3.63, 3.8) is 0 Å². The molecule has 0 saturated carbocycles. The topological polar surface area (TPSA) is 96.2 Å². The maximum atomic E-state index is 13.6. The number of thiazole rings is 1. The fourth-order valence-corrected chi connectivity index (χ4v) is 5.79. The van der Waals surface area contributed by atoms with E-state index in [1.807, 2.05) is 11.8 Å². The standard InChI is InChI=1S/C23H28F3N9OS/c1-14-12-33(8-9-34(14)18(36)13-35-16(3)29-15(2)31-35)20-19(30-21(37-20)23(24,25)26)17-10-27-22(28-11-17)32-6-4-5-7-32/h10-11,14H,4-9,12-13H2,1-3H3/t14-/m1/s1. The summed E-state index contributed by atoms with van der Waals surface area (Å²) in [5, 5.41) is 3.75. The smallest absolute Gasteiger partial charge is 0.358 e. The second-order valence-corrected chi connectivity index (χ2v) is 10.4. The van der Waals surface area contributed by atoms with Gasteiger partial charge in [0.15, 0.2) is 0 Å². The van der Waals surface area contributed by atoms with E-state index in [4.69, 9.17) is 0 Å². The number of aryl methyl sites for hydroxylation is 2. The normalized spacial score (nSPS) is 18.6. The fraction of sp³-hybridized carbons (Fsp3) is 0.565. The number of aromatic nitrogens is 6. The Bertz CT molecular complexity index is 1270. The molecule has 0 aliphatic carbocycles. The van der Waals surface area contributed by atoms with Crippen molar-refractivity contribution in [1.82, 2.24) is 34.6 Å². The Kier molecular flexibility index (Phi) is 6.77. The molecule has 14 heteroatoms. The number of rotatable bonds is 5. The lowest BCUT2D eigenvalue weighted by Crippen LogP contribution is -2.54. The molecule has 10 nitrogen and oxygen atoms in total. The highest BCUT2D eigenvalue weighted by atomic mass is 32.1. The monoisotopic (exact) mass is 535 g/mol. The van der Waals surface area contributed by atoms with Crippen LogP contribution in [0.15, 0.2) is 12.4 Å². The van der Waals surface area contributed by atoms with Crippen molar-refractivity contribution < 1.29 is 18.0 Å². The molecule has 2 fully saturated rings. The summed E-state index contributed by atoms with van der Waals surface area (Å²) in [6.45, 7) is 8.39. The highest BCUT2D eigenvalue weighted by Crippen LogP contribution is 2.43. The number of halogens is 3. The van der Waals surface area contributed by atoms with Crippen molar-refractivity contribution in [3.05, 3.63) is 29.1 Å². The van der Waals surface area contributed by atoms with E-state index in [1.54, 1.807) is 35.8 Å². The average molecular weight is 536 g/mol. The van der Waals surface area contributed by atoms with Crippen LogP contribution < -0.4 is 9.80 Å². The Morgan fingerprint density at radius 1 is 1.05 bits per heavy atom. The molecular weight excluding hydrogens is 507 g/mol. The largest absolute Gasteiger partial charge is 0.443 e. The van der Waals surface area contributed by atoms with Gasteiger partial charge >= 0.3 is 6.18 Å². The lowest BCUT2D eigenvalue weighted by Gasteiger charge is -2.40. The zero-order valence-corrected chi connectivity index (χ0v) is 21.7. The Morgan fingerprint density at radius 2 is 1.76 bits per heavy atom. The van der Waals surface area contributed by atoms with Gasteiger partial charge < -0.3 is 14.7 Å². The SMILES string of the molecule is Cc1nc(C)n(CC(=O)N2CCN(c3sc(C(F)(F)F)nc3-c3cnc(N4CCCC4)nc3)C[C@H]2C)n1. The first kappa shape index (κ1) is 25.4. The molecule has 0 radical (unpaired) electrons. The molecule has 3 aromatic heterocycles. The van der Waals surface area contributed by atoms with E-state index < -0.39 is 11.2 Å². The summed E-state index contributed by atoms with van der Waals surface area (Å²) >= 11 is 0.614. The fourth-order valence-electron chi connectivity index (χ4n) is 4.80. The number of hydrogen-bond acceptors (Lipinski definition) is 9. The van der Waals surface area contributed by atoms with Crippen molar-refractivity contribution in [1.29, 1.82) is 0 Å². The number of carbonyl (C=O) groups excluding carboxylic acids is 1. The van der Waals surface area contributed by atoms with E-state index >= 15 is 0 Å². The summed E-state index contributed by atoms with van der Waals surface area (Å²) in [6, 6.07) is -0.218. The Balaban J connectivity index is 1.36. The first-order chi connectivity index (χ1) is 17.6. The van der Waals surface area contributed by atoms with Crippen molar-refractivity contribution >= 4 is 28.2 Å². The van der Waals surface area contributed by atoms with Gasteiger partial charge in [-0.1, -0.05) is 11.3 Å². The molecule has 0 aromatic carbocycles. The molecule has 5 heterocycles. The molecule has 0 N–H and O–H groups in total. The van der Waals surface area contributed by atoms with Crippen molar-refractivity contribution in [2.45, 2.75) is 52.4 Å². The van der Waals surface area contributed by atoms with Gasteiger partial charge in [0, 0.05) is 56.7 Å². The van der Waals surface area contributed by atoms with Crippen LogP contribution in [0.3, 0.4) is 0 Å². The lowest BCUT2D eigenvalue weighted by molar-refractivity contribution is -0.137. The quantitative estimate of drug-likeness (QED) is 0.492. The van der Waals surface area contributed by atoms with Gasteiger partial charge in [0.25, 0.3) is 0 Å². The molecule has 5 rings (SSSR count). The predicted octanol–water partition coefficient (Wildman–Crippen LogP) is 3.16. The third-order valence-electron chi connectivity index (χ3n) is 6.63. The van der Waals surface area contributed by atoms with Crippen LogP contribution in [0.5, 0.6) is 0 Å². The number of alkyl halides is 3. The molecule has 0 spiro atoms. The van der Waals surface area contributed by atoms with Crippen LogP contribution in [-0.2, 0) is 17.5 Å². The minimum absolute atomic E-state index is 0.0712. The molecule has 1 atom stereocenters. The summed E-state index contributed by atoms with van der Waals surface area (Å²) in [7, 11) is 0. The lowest BCUT2D eigenvalue weighted by atomic mass is 10.1. The van der Waals surface area contributed by atoms with Crippen molar-refractivity contribution in [2.75, 3.05) is 42.5 Å². The molecule has 37 heavy (non-hydrogen) atoms. The van der Waals surface area contributed by atoms with Gasteiger partial charge in [-0.2, -0.15) is 18.3 Å². The van der Waals surface area contributed by atoms with Crippen LogP contribution in [0, 0.1) is 13.8 Å². The minimum atomic E-state index is -4.56. The maximum absolute atomic E-state index is 13.6. The van der Waals surface area contributed by atoms with E-state index in [0.717, 1.165) is 25.9 Å². The Morgan fingerprint density at radius 3 is 2.35 bits per heavy atom. The zero-order valence-electron chi connectivity index (χ0n) is 20.9. The second kappa shape index (κ2) is 9.88. The summed E-state index contributed by atoms with van der Waals surface area (Å²) in [6.07, 6.45) is 0.670. The van der Waals surface area contributed by atoms with E-state index in [2.05, 4.69) is 29.9 Å². The summed E-state index contributed by atoms with van der Waals surface area (Å²) in [4.78, 5) is 35.7. The Labute approximate surface area is 216 Å². The van der Waals surface area contributed by atoms with Gasteiger partial charge in [0.05, 0.1) is 0 Å². The van der Waals surface area contributed by atoms with Gasteiger partial charge in [-0.05, 0) is 33.6 Å². The molecule has 3 aromatic rings. The van der Waals surface area contributed by atoms with Crippen LogP contribution >= 0.6 is 11.3 Å². The third kappa shape index (κ3) is 5.24. The summed E-state index contributed by atoms with van der Waals surface area (Å²) in [5.41, 5.74) is 0.652. The molecule has 0 unspecified atom stereocenters.